The van der Waals surface area contributed by atoms with Crippen molar-refractivity contribution in [2.45, 2.75) is 6.92 Å². The highest BCUT2D eigenvalue weighted by Gasteiger charge is 2.01. The third-order valence-corrected chi connectivity index (χ3v) is 2.15. The number of allylic oxidation sites excluding steroid dienone is 4. The van der Waals surface area contributed by atoms with Crippen LogP contribution in [0, 0.1) is 0 Å². The molecule has 0 radical (unpaired) electrons. The lowest BCUT2D eigenvalue weighted by molar-refractivity contribution is -0.133. The van der Waals surface area contributed by atoms with E-state index in [4.69, 9.17) is 4.74 Å². The molecule has 0 N–H and O–H groups in total. The maximum absolute atomic E-state index is 11.5. The van der Waals surface area contributed by atoms with Crippen LogP contribution < -0.4 is 0 Å². The monoisotopic (exact) mass is 240 g/mol. The SMILES string of the molecule is C=CC=CC=C(C)C(=O)OC=Cc1ccccc1. The molecule has 1 aromatic rings. The first-order chi connectivity index (χ1) is 8.74. The van der Waals surface area contributed by atoms with E-state index in [9.17, 15) is 4.79 Å². The molecule has 1 aromatic carbocycles. The van der Waals surface area contributed by atoms with Crippen LogP contribution in [0.5, 0.6) is 0 Å². The summed E-state index contributed by atoms with van der Waals surface area (Å²) >= 11 is 0. The second kappa shape index (κ2) is 7.85. The Morgan fingerprint density at radius 1 is 1.22 bits per heavy atom. The quantitative estimate of drug-likeness (QED) is 0.338. The molecular weight excluding hydrogens is 224 g/mol. The number of benzene rings is 1. The summed E-state index contributed by atoms with van der Waals surface area (Å²) in [6.07, 6.45) is 9.95. The average Bonchev–Trinajstić information content (AvgIpc) is 2.40. The van der Waals surface area contributed by atoms with Gasteiger partial charge in [0.1, 0.15) is 0 Å². The van der Waals surface area contributed by atoms with Gasteiger partial charge >= 0.3 is 5.97 Å². The van der Waals surface area contributed by atoms with Crippen LogP contribution in [0.2, 0.25) is 0 Å². The number of carbonyl (C=O) groups is 1. The van der Waals surface area contributed by atoms with E-state index >= 15 is 0 Å². The molecule has 92 valence electrons. The number of hydrogen-bond acceptors (Lipinski definition) is 2. The predicted octanol–water partition coefficient (Wildman–Crippen LogP) is 3.89. The largest absolute Gasteiger partial charge is 0.431 e. The van der Waals surface area contributed by atoms with E-state index in [-0.39, 0.29) is 5.97 Å². The van der Waals surface area contributed by atoms with Gasteiger partial charge in [0.15, 0.2) is 0 Å². The van der Waals surface area contributed by atoms with Crippen molar-refractivity contribution in [3.05, 3.63) is 78.6 Å². The average molecular weight is 240 g/mol. The summed E-state index contributed by atoms with van der Waals surface area (Å²) in [7, 11) is 0. The lowest BCUT2D eigenvalue weighted by atomic mass is 10.2. The first-order valence-corrected chi connectivity index (χ1v) is 5.62. The standard InChI is InChI=1S/C16H16O2/c1-3-4-6-9-14(2)16(17)18-13-12-15-10-7-5-8-11-15/h3-13H,1H2,2H3. The summed E-state index contributed by atoms with van der Waals surface area (Å²) in [5, 5.41) is 0. The van der Waals surface area contributed by atoms with E-state index in [1.807, 2.05) is 30.3 Å². The van der Waals surface area contributed by atoms with Crippen LogP contribution in [0.3, 0.4) is 0 Å². The first kappa shape index (κ1) is 13.7. The normalized spacial score (nSPS) is 11.9. The molecule has 0 aliphatic heterocycles. The van der Waals surface area contributed by atoms with Gasteiger partial charge in [-0.05, 0) is 18.6 Å². The van der Waals surface area contributed by atoms with Gasteiger partial charge in [-0.2, -0.15) is 0 Å². The minimum Gasteiger partial charge on any atom is -0.431 e. The van der Waals surface area contributed by atoms with Crippen LogP contribution >= 0.6 is 0 Å². The molecule has 0 spiro atoms. The van der Waals surface area contributed by atoms with Gasteiger partial charge in [0.25, 0.3) is 0 Å². The lowest BCUT2D eigenvalue weighted by Gasteiger charge is -1.97. The van der Waals surface area contributed by atoms with Gasteiger partial charge in [-0.15, -0.1) is 0 Å². The molecule has 0 saturated carbocycles. The topological polar surface area (TPSA) is 26.3 Å². The Kier molecular flexibility index (Phi) is 5.98. The van der Waals surface area contributed by atoms with Crippen LogP contribution in [-0.2, 0) is 9.53 Å². The van der Waals surface area contributed by atoms with Crippen molar-refractivity contribution >= 4 is 12.0 Å². The van der Waals surface area contributed by atoms with Crippen molar-refractivity contribution in [2.24, 2.45) is 0 Å². The van der Waals surface area contributed by atoms with E-state index in [1.165, 1.54) is 6.26 Å². The molecule has 0 aliphatic carbocycles. The first-order valence-electron chi connectivity index (χ1n) is 5.62. The van der Waals surface area contributed by atoms with Crippen molar-refractivity contribution in [3.63, 3.8) is 0 Å². The molecule has 18 heavy (non-hydrogen) atoms. The highest BCUT2D eigenvalue weighted by Crippen LogP contribution is 2.03. The number of carbonyl (C=O) groups excluding carboxylic acids is 1. The van der Waals surface area contributed by atoms with Crippen LogP contribution in [0.1, 0.15) is 12.5 Å². The molecule has 0 heterocycles. The molecular formula is C16H16O2. The van der Waals surface area contributed by atoms with Gasteiger partial charge < -0.3 is 4.74 Å². The number of rotatable bonds is 5. The zero-order chi connectivity index (χ0) is 13.2. The third kappa shape index (κ3) is 5.12. The van der Waals surface area contributed by atoms with Gasteiger partial charge in [-0.3, -0.25) is 0 Å². The Bertz CT molecular complexity index is 479. The molecule has 0 unspecified atom stereocenters. The molecule has 2 heteroatoms. The maximum Gasteiger partial charge on any atom is 0.338 e. The Morgan fingerprint density at radius 2 is 1.94 bits per heavy atom. The Balaban J connectivity index is 2.51. The summed E-state index contributed by atoms with van der Waals surface area (Å²) in [4.78, 5) is 11.5. The molecule has 0 aliphatic rings. The van der Waals surface area contributed by atoms with Gasteiger partial charge in [-0.25, -0.2) is 4.79 Å². The molecule has 0 aromatic heterocycles. The second-order valence-electron chi connectivity index (χ2n) is 3.59. The number of esters is 1. The van der Waals surface area contributed by atoms with E-state index in [1.54, 1.807) is 37.3 Å². The molecule has 0 fully saturated rings. The minimum absolute atomic E-state index is 0.365. The Morgan fingerprint density at radius 3 is 2.61 bits per heavy atom. The molecule has 0 saturated heterocycles. The van der Waals surface area contributed by atoms with Crippen LogP contribution in [-0.4, -0.2) is 5.97 Å². The maximum atomic E-state index is 11.5. The fourth-order valence-electron chi connectivity index (χ4n) is 1.18. The fraction of sp³-hybridized carbons (Fsp3) is 0.0625. The highest BCUT2D eigenvalue weighted by molar-refractivity contribution is 5.88. The van der Waals surface area contributed by atoms with Crippen LogP contribution in [0.4, 0.5) is 0 Å². The second-order valence-corrected chi connectivity index (χ2v) is 3.59. The van der Waals surface area contributed by atoms with Gasteiger partial charge in [0, 0.05) is 5.57 Å². The number of ether oxygens (including phenoxy) is 1. The van der Waals surface area contributed by atoms with Crippen molar-refractivity contribution in [1.29, 1.82) is 0 Å². The third-order valence-electron chi connectivity index (χ3n) is 2.15. The van der Waals surface area contributed by atoms with E-state index in [0.717, 1.165) is 5.56 Å². The van der Waals surface area contributed by atoms with Crippen LogP contribution in [0.25, 0.3) is 6.08 Å². The van der Waals surface area contributed by atoms with Gasteiger partial charge in [0.05, 0.1) is 6.26 Å². The summed E-state index contributed by atoms with van der Waals surface area (Å²) in [6, 6.07) is 9.64. The Hall–Kier alpha value is -2.35. The summed E-state index contributed by atoms with van der Waals surface area (Å²) in [5.74, 6) is -0.365. The molecule has 0 amide bonds. The predicted molar refractivity (Wildman–Crippen MR) is 74.7 cm³/mol. The summed E-state index contributed by atoms with van der Waals surface area (Å²) in [5.41, 5.74) is 1.52. The zero-order valence-electron chi connectivity index (χ0n) is 10.4. The summed E-state index contributed by atoms with van der Waals surface area (Å²) in [6.45, 7) is 5.24. The Labute approximate surface area is 108 Å². The van der Waals surface area contributed by atoms with Crippen molar-refractivity contribution in [1.82, 2.24) is 0 Å². The van der Waals surface area contributed by atoms with Crippen molar-refractivity contribution in [3.8, 4) is 0 Å². The minimum atomic E-state index is -0.365. The van der Waals surface area contributed by atoms with Crippen molar-refractivity contribution in [2.75, 3.05) is 0 Å². The fourth-order valence-corrected chi connectivity index (χ4v) is 1.18. The zero-order valence-corrected chi connectivity index (χ0v) is 10.4. The van der Waals surface area contributed by atoms with Gasteiger partial charge in [0.2, 0.25) is 0 Å². The van der Waals surface area contributed by atoms with Crippen molar-refractivity contribution < 1.29 is 9.53 Å². The van der Waals surface area contributed by atoms with E-state index in [2.05, 4.69) is 6.58 Å². The number of hydrogen-bond donors (Lipinski definition) is 0. The lowest BCUT2D eigenvalue weighted by Crippen LogP contribution is -2.00. The highest BCUT2D eigenvalue weighted by atomic mass is 16.5. The van der Waals surface area contributed by atoms with Gasteiger partial charge in [-0.1, -0.05) is 61.2 Å². The molecule has 2 nitrogen and oxygen atoms in total. The molecule has 0 atom stereocenters. The van der Waals surface area contributed by atoms with Crippen LogP contribution in [0.15, 0.2) is 73.1 Å². The van der Waals surface area contributed by atoms with E-state index < -0.39 is 0 Å². The molecule has 1 rings (SSSR count). The summed E-state index contributed by atoms with van der Waals surface area (Å²) < 4.78 is 4.99. The smallest absolute Gasteiger partial charge is 0.338 e. The van der Waals surface area contributed by atoms with E-state index in [0.29, 0.717) is 5.57 Å². The molecule has 0 bridgehead atoms.